The first-order valence-electron chi connectivity index (χ1n) is 5.98. The molecule has 5 heteroatoms. The summed E-state index contributed by atoms with van der Waals surface area (Å²) in [7, 11) is 0. The Kier molecular flexibility index (Phi) is 6.34. The van der Waals surface area contributed by atoms with Gasteiger partial charge in [0.15, 0.2) is 5.78 Å². The van der Waals surface area contributed by atoms with E-state index < -0.39 is 11.9 Å². The van der Waals surface area contributed by atoms with Crippen LogP contribution in [0.25, 0.3) is 0 Å². The van der Waals surface area contributed by atoms with Crippen LogP contribution < -0.4 is 11.2 Å². The topological polar surface area (TPSA) is 92.4 Å². The molecule has 0 aliphatic heterocycles. The van der Waals surface area contributed by atoms with E-state index in [4.69, 9.17) is 10.9 Å². The summed E-state index contributed by atoms with van der Waals surface area (Å²) in [6, 6.07) is -0.645. The van der Waals surface area contributed by atoms with E-state index in [-0.39, 0.29) is 30.0 Å². The highest BCUT2D eigenvalue weighted by Crippen LogP contribution is 2.31. The Hall–Kier alpha value is -0.940. The zero-order chi connectivity index (χ0) is 13.6. The number of rotatable bonds is 7. The quantitative estimate of drug-likeness (QED) is 0.464. The van der Waals surface area contributed by atoms with Gasteiger partial charge in [0, 0.05) is 12.3 Å². The highest BCUT2D eigenvalue weighted by Gasteiger charge is 2.32. The second-order valence-corrected chi connectivity index (χ2v) is 5.15. The summed E-state index contributed by atoms with van der Waals surface area (Å²) >= 11 is 0. The maximum absolute atomic E-state index is 12.0. The maximum Gasteiger partial charge on any atom is 0.243 e. The monoisotopic (exact) mass is 244 g/mol. The molecule has 100 valence electrons. The van der Waals surface area contributed by atoms with Gasteiger partial charge in [0.1, 0.15) is 0 Å². The van der Waals surface area contributed by atoms with E-state index in [1.165, 1.54) is 5.48 Å². The van der Waals surface area contributed by atoms with Crippen molar-refractivity contribution in [3.8, 4) is 0 Å². The third-order valence-electron chi connectivity index (χ3n) is 3.68. The number of hydroxylamine groups is 1. The third kappa shape index (κ3) is 4.83. The summed E-state index contributed by atoms with van der Waals surface area (Å²) in [6.45, 7) is 7.97. The zero-order valence-electron chi connectivity index (χ0n) is 11.1. The summed E-state index contributed by atoms with van der Waals surface area (Å²) in [5, 5.41) is 8.34. The molecule has 0 spiro atoms. The highest BCUT2D eigenvalue weighted by atomic mass is 16.5. The van der Waals surface area contributed by atoms with Crippen molar-refractivity contribution < 1.29 is 14.8 Å². The van der Waals surface area contributed by atoms with Crippen molar-refractivity contribution in [2.45, 2.75) is 53.0 Å². The van der Waals surface area contributed by atoms with E-state index in [1.54, 1.807) is 0 Å². The smallest absolute Gasteiger partial charge is 0.243 e. The molecule has 4 N–H and O–H groups in total. The van der Waals surface area contributed by atoms with E-state index in [9.17, 15) is 9.59 Å². The molecule has 0 aromatic heterocycles. The molecule has 0 aromatic carbocycles. The van der Waals surface area contributed by atoms with E-state index in [2.05, 4.69) is 0 Å². The van der Waals surface area contributed by atoms with Crippen LogP contribution >= 0.6 is 0 Å². The van der Waals surface area contributed by atoms with Gasteiger partial charge in [-0.05, 0) is 11.8 Å². The van der Waals surface area contributed by atoms with Gasteiger partial charge < -0.3 is 5.73 Å². The molecule has 1 unspecified atom stereocenters. The number of carbonyl (C=O) groups excluding carboxylic acids is 2. The third-order valence-corrected chi connectivity index (χ3v) is 3.68. The van der Waals surface area contributed by atoms with E-state index in [1.807, 2.05) is 27.7 Å². The lowest BCUT2D eigenvalue weighted by atomic mass is 9.74. The van der Waals surface area contributed by atoms with Crippen LogP contribution in [-0.2, 0) is 9.59 Å². The van der Waals surface area contributed by atoms with Gasteiger partial charge in [-0.25, -0.2) is 5.48 Å². The van der Waals surface area contributed by atoms with Gasteiger partial charge in [0.25, 0.3) is 0 Å². The summed E-state index contributed by atoms with van der Waals surface area (Å²) in [4.78, 5) is 22.9. The van der Waals surface area contributed by atoms with Crippen molar-refractivity contribution in [1.29, 1.82) is 0 Å². The lowest BCUT2D eigenvalue weighted by Gasteiger charge is -2.31. The van der Waals surface area contributed by atoms with E-state index in [0.29, 0.717) is 0 Å². The Bertz CT molecular complexity index is 277. The van der Waals surface area contributed by atoms with Gasteiger partial charge in [0.05, 0.1) is 6.04 Å². The molecular formula is C12H24N2O3. The first-order valence-corrected chi connectivity index (χ1v) is 5.98. The van der Waals surface area contributed by atoms with Gasteiger partial charge in [-0.1, -0.05) is 34.1 Å². The number of Topliss-reactive ketones (excluding diaryl/α,β-unsaturated/α-hetero) is 1. The molecule has 0 saturated carbocycles. The molecule has 5 nitrogen and oxygen atoms in total. The SMILES string of the molecule is CCC(C)(C)C(C)C(=O)[C@H](N)CCC(=O)NO. The fourth-order valence-corrected chi connectivity index (χ4v) is 1.50. The molecule has 0 radical (unpaired) electrons. The van der Waals surface area contributed by atoms with Gasteiger partial charge in [-0.2, -0.15) is 0 Å². The Balaban J connectivity index is 4.35. The van der Waals surface area contributed by atoms with Crippen LogP contribution in [0.4, 0.5) is 0 Å². The number of nitrogens with one attached hydrogen (secondary N) is 1. The Labute approximate surface area is 103 Å². The van der Waals surface area contributed by atoms with Crippen molar-refractivity contribution >= 4 is 11.7 Å². The van der Waals surface area contributed by atoms with Crippen LogP contribution in [0.2, 0.25) is 0 Å². The van der Waals surface area contributed by atoms with Crippen LogP contribution in [0, 0.1) is 11.3 Å². The first-order chi connectivity index (χ1) is 7.76. The molecule has 1 amide bonds. The molecule has 0 saturated heterocycles. The van der Waals surface area contributed by atoms with Gasteiger partial charge >= 0.3 is 0 Å². The fourth-order valence-electron chi connectivity index (χ4n) is 1.50. The number of ketones is 1. The molecule has 0 aliphatic rings. The van der Waals surface area contributed by atoms with Gasteiger partial charge in [0.2, 0.25) is 5.91 Å². The second kappa shape index (κ2) is 6.71. The normalized spacial score (nSPS) is 15.2. The first kappa shape index (κ1) is 16.1. The minimum absolute atomic E-state index is 0.0254. The van der Waals surface area contributed by atoms with Gasteiger partial charge in [-0.3, -0.25) is 14.8 Å². The largest absolute Gasteiger partial charge is 0.321 e. The molecule has 17 heavy (non-hydrogen) atoms. The van der Waals surface area contributed by atoms with E-state index >= 15 is 0 Å². The average molecular weight is 244 g/mol. The Morgan fingerprint density at radius 3 is 2.35 bits per heavy atom. The lowest BCUT2D eigenvalue weighted by molar-refractivity contribution is -0.130. The summed E-state index contributed by atoms with van der Waals surface area (Å²) in [5.41, 5.74) is 7.20. The highest BCUT2D eigenvalue weighted by molar-refractivity contribution is 5.87. The number of hydrogen-bond acceptors (Lipinski definition) is 4. The van der Waals surface area contributed by atoms with Crippen molar-refractivity contribution in [3.63, 3.8) is 0 Å². The zero-order valence-corrected chi connectivity index (χ0v) is 11.1. The van der Waals surface area contributed by atoms with Crippen molar-refractivity contribution in [3.05, 3.63) is 0 Å². The summed E-state index contributed by atoms with van der Waals surface area (Å²) < 4.78 is 0. The molecule has 0 fully saturated rings. The van der Waals surface area contributed by atoms with Crippen LogP contribution in [0.15, 0.2) is 0 Å². The lowest BCUT2D eigenvalue weighted by Crippen LogP contribution is -2.40. The van der Waals surface area contributed by atoms with Crippen molar-refractivity contribution in [2.24, 2.45) is 17.1 Å². The van der Waals surface area contributed by atoms with E-state index in [0.717, 1.165) is 6.42 Å². The number of nitrogens with two attached hydrogens (primary N) is 1. The molecule has 2 atom stereocenters. The summed E-state index contributed by atoms with van der Waals surface area (Å²) in [5.74, 6) is -0.682. The van der Waals surface area contributed by atoms with Crippen LogP contribution in [0.1, 0.15) is 47.0 Å². The molecule has 0 rings (SSSR count). The minimum Gasteiger partial charge on any atom is -0.321 e. The van der Waals surface area contributed by atoms with Crippen LogP contribution in [0.3, 0.4) is 0 Å². The average Bonchev–Trinajstić information content (AvgIpc) is 2.33. The molecule has 0 heterocycles. The number of amides is 1. The Morgan fingerprint density at radius 2 is 1.94 bits per heavy atom. The number of hydrogen-bond donors (Lipinski definition) is 3. The van der Waals surface area contributed by atoms with Gasteiger partial charge in [-0.15, -0.1) is 0 Å². The fraction of sp³-hybridized carbons (Fsp3) is 0.833. The van der Waals surface area contributed by atoms with Crippen LogP contribution in [0.5, 0.6) is 0 Å². The molecule has 0 bridgehead atoms. The summed E-state index contributed by atoms with van der Waals surface area (Å²) in [6.07, 6.45) is 1.21. The van der Waals surface area contributed by atoms with Crippen molar-refractivity contribution in [2.75, 3.05) is 0 Å². The maximum atomic E-state index is 12.0. The van der Waals surface area contributed by atoms with Crippen molar-refractivity contribution in [1.82, 2.24) is 5.48 Å². The number of carbonyl (C=O) groups is 2. The molecule has 0 aliphatic carbocycles. The predicted octanol–water partition coefficient (Wildman–Crippen LogP) is 1.24. The Morgan fingerprint density at radius 1 is 1.41 bits per heavy atom. The predicted molar refractivity (Wildman–Crippen MR) is 65.4 cm³/mol. The molecular weight excluding hydrogens is 220 g/mol. The molecule has 0 aromatic rings. The second-order valence-electron chi connectivity index (χ2n) is 5.15. The minimum atomic E-state index is -0.645. The van der Waals surface area contributed by atoms with Crippen LogP contribution in [-0.4, -0.2) is 22.9 Å². The standard InChI is InChI=1S/C12H24N2O3/c1-5-12(3,4)8(2)11(16)9(13)6-7-10(15)14-17/h8-9,17H,5-7,13H2,1-4H3,(H,14,15)/t8?,9-/m1/s1.